The average molecular weight is 443 g/mol. The van der Waals surface area contributed by atoms with Crippen LogP contribution in [0.15, 0.2) is 30.3 Å². The molecule has 10 heteroatoms. The van der Waals surface area contributed by atoms with E-state index < -0.39 is 18.0 Å². The second kappa shape index (κ2) is 9.07. The van der Waals surface area contributed by atoms with E-state index in [1.54, 1.807) is 36.1 Å². The van der Waals surface area contributed by atoms with Gasteiger partial charge in [0.05, 0.1) is 0 Å². The fraction of sp³-hybridized carbons (Fsp3) is 0.450. The molecule has 2 aromatic rings. The number of alkyl halides is 3. The van der Waals surface area contributed by atoms with Gasteiger partial charge in [0.15, 0.2) is 6.10 Å². The number of carbonyl (C=O) groups excluding carboxylic acids is 1. The largest absolute Gasteiger partial charge is 0.481 e. The van der Waals surface area contributed by atoms with Gasteiger partial charge in [0.25, 0.3) is 5.91 Å². The summed E-state index contributed by atoms with van der Waals surface area (Å²) < 4.78 is 44.6. The smallest absolute Gasteiger partial charge is 0.433 e. The predicted molar refractivity (Wildman–Crippen MR) is 107 cm³/mol. The lowest BCUT2D eigenvalue weighted by molar-refractivity contribution is -0.141. The maximum absolute atomic E-state index is 13.0. The second-order valence-corrected chi connectivity index (χ2v) is 7.58. The Kier molecular flexibility index (Phi) is 6.70. The Labute approximate surface area is 177 Å². The molecule has 0 radical (unpaired) electrons. The Bertz CT molecular complexity index is 902. The van der Waals surface area contributed by atoms with Crippen molar-refractivity contribution in [3.8, 4) is 5.75 Å². The van der Waals surface area contributed by atoms with Crippen molar-refractivity contribution in [1.82, 2.24) is 15.3 Å². The highest BCUT2D eigenvalue weighted by Crippen LogP contribution is 2.30. The standard InChI is InChI=1S/C20H22ClF3N4O2/c1-12(30-16-5-3-4-14(21)10-16)19(29)27-15-6-8-28(9-7-15)18-11-17(20(22,23)24)25-13(2)26-18/h3-5,10-12,15H,6-9H2,1-2H3,(H,27,29). The highest BCUT2D eigenvalue weighted by atomic mass is 35.5. The Morgan fingerprint density at radius 2 is 1.97 bits per heavy atom. The molecule has 2 heterocycles. The number of halogens is 4. The molecule has 1 amide bonds. The first-order valence-corrected chi connectivity index (χ1v) is 9.90. The maximum atomic E-state index is 13.0. The van der Waals surface area contributed by atoms with Crippen molar-refractivity contribution in [1.29, 1.82) is 0 Å². The number of rotatable bonds is 5. The van der Waals surface area contributed by atoms with E-state index in [2.05, 4.69) is 15.3 Å². The molecule has 1 aliphatic heterocycles. The molecule has 30 heavy (non-hydrogen) atoms. The summed E-state index contributed by atoms with van der Waals surface area (Å²) in [5.74, 6) is 0.560. The van der Waals surface area contributed by atoms with Crippen LogP contribution in [0.4, 0.5) is 19.0 Å². The van der Waals surface area contributed by atoms with Crippen molar-refractivity contribution in [3.63, 3.8) is 0 Å². The molecule has 1 aromatic carbocycles. The van der Waals surface area contributed by atoms with Gasteiger partial charge < -0.3 is 15.0 Å². The molecule has 0 saturated carbocycles. The molecule has 0 bridgehead atoms. The summed E-state index contributed by atoms with van der Waals surface area (Å²) in [5, 5.41) is 3.45. The quantitative estimate of drug-likeness (QED) is 0.757. The molecule has 1 unspecified atom stereocenters. The predicted octanol–water partition coefficient (Wildman–Crippen LogP) is 4.01. The third-order valence-corrected chi connectivity index (χ3v) is 4.99. The normalized spacial score (nSPS) is 16.3. The number of nitrogens with one attached hydrogen (secondary N) is 1. The van der Waals surface area contributed by atoms with Crippen LogP contribution < -0.4 is 15.0 Å². The maximum Gasteiger partial charge on any atom is 0.433 e. The topological polar surface area (TPSA) is 67.4 Å². The number of carbonyl (C=O) groups is 1. The van der Waals surface area contributed by atoms with Crippen LogP contribution in [0, 0.1) is 6.92 Å². The monoisotopic (exact) mass is 442 g/mol. The molecular weight excluding hydrogens is 421 g/mol. The molecule has 0 aliphatic carbocycles. The van der Waals surface area contributed by atoms with Gasteiger partial charge in [0.1, 0.15) is 23.1 Å². The Hall–Kier alpha value is -2.55. The first-order valence-electron chi connectivity index (χ1n) is 9.52. The number of hydrogen-bond acceptors (Lipinski definition) is 5. The van der Waals surface area contributed by atoms with E-state index in [9.17, 15) is 18.0 Å². The molecule has 1 fully saturated rings. The fourth-order valence-corrected chi connectivity index (χ4v) is 3.41. The van der Waals surface area contributed by atoms with E-state index >= 15 is 0 Å². The molecule has 6 nitrogen and oxygen atoms in total. The van der Waals surface area contributed by atoms with Crippen LogP contribution in [0.1, 0.15) is 31.3 Å². The van der Waals surface area contributed by atoms with Crippen molar-refractivity contribution >= 4 is 23.3 Å². The number of hydrogen-bond donors (Lipinski definition) is 1. The first-order chi connectivity index (χ1) is 14.1. The van der Waals surface area contributed by atoms with E-state index in [4.69, 9.17) is 16.3 Å². The zero-order valence-electron chi connectivity index (χ0n) is 16.5. The van der Waals surface area contributed by atoms with Crippen LogP contribution in [-0.4, -0.2) is 41.1 Å². The van der Waals surface area contributed by atoms with Crippen molar-refractivity contribution in [2.75, 3.05) is 18.0 Å². The van der Waals surface area contributed by atoms with Crippen molar-refractivity contribution in [2.45, 2.75) is 45.0 Å². The number of aromatic nitrogens is 2. The van der Waals surface area contributed by atoms with Crippen molar-refractivity contribution in [3.05, 3.63) is 46.9 Å². The molecule has 162 valence electrons. The van der Waals surface area contributed by atoms with E-state index in [-0.39, 0.29) is 23.6 Å². The first kappa shape index (κ1) is 22.1. The van der Waals surface area contributed by atoms with Gasteiger partial charge in [-0.1, -0.05) is 17.7 Å². The van der Waals surface area contributed by atoms with Gasteiger partial charge in [-0.05, 0) is 44.9 Å². The summed E-state index contributed by atoms with van der Waals surface area (Å²) in [6.07, 6.45) is -4.06. The lowest BCUT2D eigenvalue weighted by Crippen LogP contribution is -2.48. The van der Waals surface area contributed by atoms with Gasteiger partial charge in [-0.25, -0.2) is 9.97 Å². The van der Waals surface area contributed by atoms with Crippen LogP contribution in [0.2, 0.25) is 5.02 Å². The highest BCUT2D eigenvalue weighted by molar-refractivity contribution is 6.30. The van der Waals surface area contributed by atoms with Crippen LogP contribution in [0.25, 0.3) is 0 Å². The average Bonchev–Trinajstić information content (AvgIpc) is 2.67. The minimum absolute atomic E-state index is 0.0715. The number of anilines is 1. The number of benzene rings is 1. The lowest BCUT2D eigenvalue weighted by Gasteiger charge is -2.33. The van der Waals surface area contributed by atoms with E-state index in [1.165, 1.54) is 6.92 Å². The van der Waals surface area contributed by atoms with Crippen LogP contribution in [0.5, 0.6) is 5.75 Å². The van der Waals surface area contributed by atoms with E-state index in [1.807, 2.05) is 0 Å². The fourth-order valence-electron chi connectivity index (χ4n) is 3.23. The third-order valence-electron chi connectivity index (χ3n) is 4.76. The number of ether oxygens (including phenoxy) is 1. The van der Waals surface area contributed by atoms with E-state index in [0.717, 1.165) is 6.07 Å². The van der Waals surface area contributed by atoms with Gasteiger partial charge >= 0.3 is 6.18 Å². The molecular formula is C20H22ClF3N4O2. The Morgan fingerprint density at radius 1 is 1.27 bits per heavy atom. The van der Waals surface area contributed by atoms with Gasteiger partial charge in [-0.2, -0.15) is 13.2 Å². The van der Waals surface area contributed by atoms with E-state index in [0.29, 0.717) is 36.7 Å². The lowest BCUT2D eigenvalue weighted by atomic mass is 10.0. The van der Waals surface area contributed by atoms with Gasteiger partial charge in [0, 0.05) is 30.2 Å². The molecule has 0 spiro atoms. The van der Waals surface area contributed by atoms with Crippen molar-refractivity contribution < 1.29 is 22.7 Å². The summed E-state index contributed by atoms with van der Waals surface area (Å²) in [6.45, 7) is 4.03. The zero-order chi connectivity index (χ0) is 21.9. The second-order valence-electron chi connectivity index (χ2n) is 7.14. The molecule has 1 aromatic heterocycles. The molecule has 1 atom stereocenters. The SMILES string of the molecule is Cc1nc(N2CCC(NC(=O)C(C)Oc3cccc(Cl)c3)CC2)cc(C(F)(F)F)n1. The third kappa shape index (κ3) is 5.75. The molecule has 1 aliphatic rings. The summed E-state index contributed by atoms with van der Waals surface area (Å²) in [7, 11) is 0. The van der Waals surface area contributed by atoms with Crippen molar-refractivity contribution in [2.24, 2.45) is 0 Å². The summed E-state index contributed by atoms with van der Waals surface area (Å²) in [4.78, 5) is 21.8. The number of aryl methyl sites for hydroxylation is 1. The summed E-state index contributed by atoms with van der Waals surface area (Å²) in [6, 6.07) is 7.66. The minimum Gasteiger partial charge on any atom is -0.481 e. The Morgan fingerprint density at radius 3 is 2.60 bits per heavy atom. The van der Waals surface area contributed by atoms with Crippen LogP contribution >= 0.6 is 11.6 Å². The molecule has 1 saturated heterocycles. The Balaban J connectivity index is 1.54. The summed E-state index contributed by atoms with van der Waals surface area (Å²) in [5.41, 5.74) is -0.951. The minimum atomic E-state index is -4.52. The number of amides is 1. The van der Waals surface area contributed by atoms with Crippen LogP contribution in [0.3, 0.4) is 0 Å². The zero-order valence-corrected chi connectivity index (χ0v) is 17.3. The summed E-state index contributed by atoms with van der Waals surface area (Å²) >= 11 is 5.92. The van der Waals surface area contributed by atoms with Gasteiger partial charge in [-0.3, -0.25) is 4.79 Å². The number of piperidine rings is 1. The number of nitrogens with zero attached hydrogens (tertiary/aromatic N) is 3. The van der Waals surface area contributed by atoms with Gasteiger partial charge in [0.2, 0.25) is 0 Å². The molecule has 1 N–H and O–H groups in total. The van der Waals surface area contributed by atoms with Crippen LogP contribution in [-0.2, 0) is 11.0 Å². The van der Waals surface area contributed by atoms with Gasteiger partial charge in [-0.15, -0.1) is 0 Å². The highest BCUT2D eigenvalue weighted by Gasteiger charge is 2.34. The molecule has 3 rings (SSSR count).